The molecule has 4 heteroatoms. The number of amides is 1. The molecule has 0 aromatic heterocycles. The summed E-state index contributed by atoms with van der Waals surface area (Å²) in [6.45, 7) is 1.10. The van der Waals surface area contributed by atoms with Crippen LogP contribution in [0.1, 0.15) is 50.5 Å². The lowest BCUT2D eigenvalue weighted by atomic mass is 9.86. The number of rotatable bonds is 5. The van der Waals surface area contributed by atoms with Crippen molar-refractivity contribution in [2.45, 2.75) is 62.9 Å². The number of fused-ring (bicyclic) bond motifs is 1. The van der Waals surface area contributed by atoms with Crippen LogP contribution in [0.2, 0.25) is 0 Å². The number of carbonyl (C=O) groups is 1. The second kappa shape index (κ2) is 7.40. The van der Waals surface area contributed by atoms with Gasteiger partial charge < -0.3 is 10.2 Å². The molecular formula is C22H29N3O. The number of benzene rings is 1. The van der Waals surface area contributed by atoms with Gasteiger partial charge in [0.1, 0.15) is 6.04 Å². The molecule has 1 N–H and O–H groups in total. The topological polar surface area (TPSA) is 56.1 Å². The van der Waals surface area contributed by atoms with Gasteiger partial charge in [0.2, 0.25) is 5.91 Å². The monoisotopic (exact) mass is 351 g/mol. The Morgan fingerprint density at radius 3 is 2.58 bits per heavy atom. The zero-order valence-corrected chi connectivity index (χ0v) is 15.5. The molecule has 1 aromatic rings. The first-order chi connectivity index (χ1) is 12.7. The van der Waals surface area contributed by atoms with E-state index in [1.165, 1.54) is 37.7 Å². The fraction of sp³-hybridized carbons (Fsp3) is 0.636. The van der Waals surface area contributed by atoms with E-state index in [0.717, 1.165) is 37.6 Å². The van der Waals surface area contributed by atoms with Gasteiger partial charge in [0.05, 0.1) is 12.6 Å². The molecule has 4 nitrogen and oxygen atoms in total. The van der Waals surface area contributed by atoms with Crippen molar-refractivity contribution < 1.29 is 4.79 Å². The van der Waals surface area contributed by atoms with Crippen LogP contribution in [0.5, 0.6) is 0 Å². The van der Waals surface area contributed by atoms with Gasteiger partial charge in [-0.2, -0.15) is 5.26 Å². The molecule has 3 atom stereocenters. The van der Waals surface area contributed by atoms with Crippen LogP contribution in [0.4, 0.5) is 0 Å². The lowest BCUT2D eigenvalue weighted by Crippen LogP contribution is -2.51. The molecule has 138 valence electrons. The van der Waals surface area contributed by atoms with Gasteiger partial charge in [-0.3, -0.25) is 4.79 Å². The van der Waals surface area contributed by atoms with E-state index in [1.54, 1.807) is 4.90 Å². The van der Waals surface area contributed by atoms with Crippen LogP contribution in [-0.2, 0) is 11.2 Å². The first-order valence-corrected chi connectivity index (χ1v) is 10.2. The molecule has 0 spiro atoms. The van der Waals surface area contributed by atoms with Gasteiger partial charge in [-0.1, -0.05) is 49.6 Å². The average molecular weight is 351 g/mol. The highest BCUT2D eigenvalue weighted by Crippen LogP contribution is 2.49. The second-order valence-corrected chi connectivity index (χ2v) is 8.53. The molecule has 0 radical (unpaired) electrons. The van der Waals surface area contributed by atoms with Crippen LogP contribution in [-0.4, -0.2) is 35.5 Å². The Balaban J connectivity index is 1.45. The zero-order valence-electron chi connectivity index (χ0n) is 15.5. The number of hydrogen-bond acceptors (Lipinski definition) is 3. The summed E-state index contributed by atoms with van der Waals surface area (Å²) < 4.78 is 0. The predicted molar refractivity (Wildman–Crippen MR) is 101 cm³/mol. The predicted octanol–water partition coefficient (Wildman–Crippen LogP) is 3.28. The first-order valence-electron chi connectivity index (χ1n) is 10.2. The highest BCUT2D eigenvalue weighted by atomic mass is 16.2. The Labute approximate surface area is 156 Å². The minimum Gasteiger partial charge on any atom is -0.326 e. The largest absolute Gasteiger partial charge is 0.326 e. The average Bonchev–Trinajstić information content (AvgIpc) is 3.35. The summed E-state index contributed by atoms with van der Waals surface area (Å²) in [4.78, 5) is 14.5. The first kappa shape index (κ1) is 17.5. The third kappa shape index (κ3) is 3.50. The molecule has 4 rings (SSSR count). The van der Waals surface area contributed by atoms with E-state index in [-0.39, 0.29) is 17.5 Å². The molecule has 26 heavy (non-hydrogen) atoms. The van der Waals surface area contributed by atoms with Crippen molar-refractivity contribution in [3.05, 3.63) is 35.9 Å². The van der Waals surface area contributed by atoms with E-state index in [0.29, 0.717) is 6.54 Å². The Morgan fingerprint density at radius 1 is 1.15 bits per heavy atom. The van der Waals surface area contributed by atoms with E-state index < -0.39 is 0 Å². The maximum atomic E-state index is 12.7. The van der Waals surface area contributed by atoms with Crippen LogP contribution in [0.25, 0.3) is 0 Å². The van der Waals surface area contributed by atoms with Crippen LogP contribution in [0.15, 0.2) is 30.3 Å². The maximum Gasteiger partial charge on any atom is 0.237 e. The quantitative estimate of drug-likeness (QED) is 0.886. The SMILES string of the molecule is N#CC1CCCN1C(=O)CNC1(Cc2ccccc2)CC2CCCC2C1. The van der Waals surface area contributed by atoms with Crippen LogP contribution in [0, 0.1) is 23.2 Å². The minimum absolute atomic E-state index is 0.0363. The van der Waals surface area contributed by atoms with Crippen molar-refractivity contribution in [1.29, 1.82) is 5.26 Å². The van der Waals surface area contributed by atoms with Crippen LogP contribution >= 0.6 is 0 Å². The Bertz CT molecular complexity index is 668. The molecule has 2 aliphatic carbocycles. The van der Waals surface area contributed by atoms with E-state index in [1.807, 2.05) is 0 Å². The molecule has 1 amide bonds. The highest BCUT2D eigenvalue weighted by Gasteiger charge is 2.47. The molecule has 1 aromatic carbocycles. The van der Waals surface area contributed by atoms with E-state index >= 15 is 0 Å². The van der Waals surface area contributed by atoms with Crippen molar-refractivity contribution in [3.8, 4) is 6.07 Å². The highest BCUT2D eigenvalue weighted by molar-refractivity contribution is 5.79. The summed E-state index contributed by atoms with van der Waals surface area (Å²) >= 11 is 0. The molecule has 1 saturated heterocycles. The summed E-state index contributed by atoms with van der Waals surface area (Å²) in [5.41, 5.74) is 1.39. The number of likely N-dealkylation sites (tertiary alicyclic amines) is 1. The summed E-state index contributed by atoms with van der Waals surface area (Å²) in [6.07, 6.45) is 9.19. The number of nitriles is 1. The van der Waals surface area contributed by atoms with Crippen molar-refractivity contribution in [2.24, 2.45) is 11.8 Å². The van der Waals surface area contributed by atoms with Crippen molar-refractivity contribution >= 4 is 5.91 Å². The lowest BCUT2D eigenvalue weighted by Gasteiger charge is -2.33. The molecule has 1 aliphatic heterocycles. The van der Waals surface area contributed by atoms with E-state index in [4.69, 9.17) is 0 Å². The van der Waals surface area contributed by atoms with Crippen LogP contribution < -0.4 is 5.32 Å². The Kier molecular flexibility index (Phi) is 5.00. The third-order valence-electron chi connectivity index (χ3n) is 6.84. The molecule has 3 fully saturated rings. The molecular weight excluding hydrogens is 322 g/mol. The zero-order chi connectivity index (χ0) is 18.0. The normalized spacial score (nSPS) is 33.2. The number of nitrogens with one attached hydrogen (secondary N) is 1. The van der Waals surface area contributed by atoms with Crippen molar-refractivity contribution in [2.75, 3.05) is 13.1 Å². The fourth-order valence-electron chi connectivity index (χ4n) is 5.64. The van der Waals surface area contributed by atoms with Crippen molar-refractivity contribution in [3.63, 3.8) is 0 Å². The fourth-order valence-corrected chi connectivity index (χ4v) is 5.64. The lowest BCUT2D eigenvalue weighted by molar-refractivity contribution is -0.130. The summed E-state index contributed by atoms with van der Waals surface area (Å²) in [5.74, 6) is 1.73. The maximum absolute atomic E-state index is 12.7. The summed E-state index contributed by atoms with van der Waals surface area (Å²) in [6, 6.07) is 12.7. The van der Waals surface area contributed by atoms with Gasteiger partial charge in [0, 0.05) is 12.1 Å². The number of nitrogens with zero attached hydrogens (tertiary/aromatic N) is 2. The van der Waals surface area contributed by atoms with Crippen molar-refractivity contribution in [1.82, 2.24) is 10.2 Å². The van der Waals surface area contributed by atoms with Crippen LogP contribution in [0.3, 0.4) is 0 Å². The number of carbonyl (C=O) groups excluding carboxylic acids is 1. The standard InChI is InChI=1S/C22H29N3O/c23-15-20-10-5-11-25(20)21(26)16-24-22(12-17-6-2-1-3-7-17)13-18-8-4-9-19(18)14-22/h1-3,6-7,18-20,24H,4-5,8-14,16H2. The van der Waals surface area contributed by atoms with Gasteiger partial charge in [0.15, 0.2) is 0 Å². The van der Waals surface area contributed by atoms with Gasteiger partial charge in [0.25, 0.3) is 0 Å². The molecule has 1 heterocycles. The Hall–Kier alpha value is -1.86. The van der Waals surface area contributed by atoms with E-state index in [2.05, 4.69) is 41.7 Å². The number of hydrogen-bond donors (Lipinski definition) is 1. The van der Waals surface area contributed by atoms with Gasteiger partial charge in [-0.15, -0.1) is 0 Å². The third-order valence-corrected chi connectivity index (χ3v) is 6.84. The van der Waals surface area contributed by atoms with E-state index in [9.17, 15) is 10.1 Å². The minimum atomic E-state index is -0.225. The molecule has 2 saturated carbocycles. The van der Waals surface area contributed by atoms with Gasteiger partial charge in [-0.05, 0) is 49.5 Å². The molecule has 3 aliphatic rings. The summed E-state index contributed by atoms with van der Waals surface area (Å²) in [7, 11) is 0. The second-order valence-electron chi connectivity index (χ2n) is 8.53. The Morgan fingerprint density at radius 2 is 1.88 bits per heavy atom. The van der Waals surface area contributed by atoms with Gasteiger partial charge in [-0.25, -0.2) is 0 Å². The molecule has 0 bridgehead atoms. The van der Waals surface area contributed by atoms with Gasteiger partial charge >= 0.3 is 0 Å². The smallest absolute Gasteiger partial charge is 0.237 e. The molecule has 3 unspecified atom stereocenters. The summed E-state index contributed by atoms with van der Waals surface area (Å²) in [5, 5.41) is 12.9.